The molecule has 0 spiro atoms. The quantitative estimate of drug-likeness (QED) is 0.785. The Morgan fingerprint density at radius 3 is 2.94 bits per heavy atom. The zero-order chi connectivity index (χ0) is 12.0. The summed E-state index contributed by atoms with van der Waals surface area (Å²) in [5, 5.41) is 14.2. The minimum atomic E-state index is -0.475. The average Bonchev–Trinajstić information content (AvgIpc) is 2.65. The predicted molar refractivity (Wildman–Crippen MR) is 66.3 cm³/mol. The van der Waals surface area contributed by atoms with Gasteiger partial charge in [-0.05, 0) is 42.6 Å². The lowest BCUT2D eigenvalue weighted by Crippen LogP contribution is -2.09. The maximum absolute atomic E-state index is 10.1. The van der Waals surface area contributed by atoms with Gasteiger partial charge in [-0.1, -0.05) is 0 Å². The Bertz CT molecular complexity index is 315. The first-order chi connectivity index (χ1) is 7.70. The molecule has 1 unspecified atom stereocenters. The Kier molecular flexibility index (Phi) is 6.01. The Morgan fingerprint density at radius 2 is 2.31 bits per heavy atom. The van der Waals surface area contributed by atoms with Crippen molar-refractivity contribution in [3.8, 4) is 0 Å². The van der Waals surface area contributed by atoms with Gasteiger partial charge in [-0.3, -0.25) is 4.68 Å². The Balaban J connectivity index is 2.51. The van der Waals surface area contributed by atoms with Gasteiger partial charge in [-0.25, -0.2) is 0 Å². The van der Waals surface area contributed by atoms with Gasteiger partial charge in [0.1, 0.15) is 0 Å². The number of hydrogen-bond acceptors (Lipinski definition) is 3. The molecule has 0 radical (unpaired) electrons. The first-order valence-electron chi connectivity index (χ1n) is 5.67. The van der Waals surface area contributed by atoms with Crippen LogP contribution in [0.2, 0.25) is 0 Å². The summed E-state index contributed by atoms with van der Waals surface area (Å²) in [6.07, 6.45) is 2.81. The zero-order valence-electron chi connectivity index (χ0n) is 9.82. The fraction of sp³-hybridized carbons (Fsp3) is 0.727. The number of aromatic nitrogens is 2. The van der Waals surface area contributed by atoms with E-state index in [2.05, 4.69) is 21.0 Å². The van der Waals surface area contributed by atoms with Gasteiger partial charge in [0.2, 0.25) is 0 Å². The van der Waals surface area contributed by atoms with Crippen molar-refractivity contribution in [1.82, 2.24) is 9.78 Å². The van der Waals surface area contributed by atoms with Crippen LogP contribution in [0, 0.1) is 0 Å². The highest BCUT2D eigenvalue weighted by molar-refractivity contribution is 9.10. The molecule has 4 nitrogen and oxygen atoms in total. The molecule has 0 aliphatic heterocycles. The second kappa shape index (κ2) is 7.04. The van der Waals surface area contributed by atoms with Crippen LogP contribution in [0.4, 0.5) is 0 Å². The van der Waals surface area contributed by atoms with E-state index in [1.165, 1.54) is 0 Å². The fourth-order valence-electron chi connectivity index (χ4n) is 1.61. The summed E-state index contributed by atoms with van der Waals surface area (Å²) in [5.74, 6) is 0. The lowest BCUT2D eigenvalue weighted by atomic mass is 10.1. The van der Waals surface area contributed by atoms with Crippen LogP contribution in [0.25, 0.3) is 0 Å². The Morgan fingerprint density at radius 1 is 1.56 bits per heavy atom. The molecule has 5 heteroatoms. The minimum absolute atomic E-state index is 0.475. The van der Waals surface area contributed by atoms with Crippen molar-refractivity contribution in [1.29, 1.82) is 0 Å². The molecule has 1 atom stereocenters. The van der Waals surface area contributed by atoms with Crippen LogP contribution in [0.1, 0.15) is 38.5 Å². The van der Waals surface area contributed by atoms with Crippen molar-refractivity contribution in [2.45, 2.75) is 39.3 Å². The van der Waals surface area contributed by atoms with Crippen LogP contribution >= 0.6 is 15.9 Å². The molecule has 1 rings (SSSR count). The van der Waals surface area contributed by atoms with Crippen molar-refractivity contribution < 1.29 is 9.84 Å². The normalized spacial score (nSPS) is 13.0. The van der Waals surface area contributed by atoms with Crippen LogP contribution in [0.5, 0.6) is 0 Å². The number of aryl methyl sites for hydroxylation is 1. The number of ether oxygens (including phenoxy) is 1. The topological polar surface area (TPSA) is 47.3 Å². The van der Waals surface area contributed by atoms with E-state index in [0.29, 0.717) is 13.0 Å². The number of nitrogens with zero attached hydrogens (tertiary/aromatic N) is 2. The van der Waals surface area contributed by atoms with Crippen LogP contribution in [0.3, 0.4) is 0 Å². The first-order valence-corrected chi connectivity index (χ1v) is 6.47. The second-order valence-corrected chi connectivity index (χ2v) is 4.40. The SMILES string of the molecule is CCOCCCC(O)c1c(Br)cnn1CC. The van der Waals surface area contributed by atoms with E-state index in [4.69, 9.17) is 4.74 Å². The predicted octanol–water partition coefficient (Wildman–Crippen LogP) is 2.52. The summed E-state index contributed by atoms with van der Waals surface area (Å²) < 4.78 is 7.93. The van der Waals surface area contributed by atoms with Crippen LogP contribution in [0.15, 0.2) is 10.7 Å². The van der Waals surface area contributed by atoms with Gasteiger partial charge in [0, 0.05) is 19.8 Å². The molecule has 0 amide bonds. The fourth-order valence-corrected chi connectivity index (χ4v) is 2.18. The molecule has 1 aromatic rings. The van der Waals surface area contributed by atoms with Crippen LogP contribution < -0.4 is 0 Å². The van der Waals surface area contributed by atoms with E-state index in [1.54, 1.807) is 6.20 Å². The van der Waals surface area contributed by atoms with Gasteiger partial charge in [0.15, 0.2) is 0 Å². The lowest BCUT2D eigenvalue weighted by molar-refractivity contribution is 0.110. The highest BCUT2D eigenvalue weighted by atomic mass is 79.9. The molecule has 92 valence electrons. The summed E-state index contributed by atoms with van der Waals surface area (Å²) in [6, 6.07) is 0. The molecule has 1 heterocycles. The lowest BCUT2D eigenvalue weighted by Gasteiger charge is -2.13. The third kappa shape index (κ3) is 3.57. The molecular formula is C11H19BrN2O2. The maximum Gasteiger partial charge on any atom is 0.0969 e. The molecule has 1 aromatic heterocycles. The van der Waals surface area contributed by atoms with Gasteiger partial charge in [0.25, 0.3) is 0 Å². The molecule has 0 aromatic carbocycles. The summed E-state index contributed by atoms with van der Waals surface area (Å²) in [4.78, 5) is 0. The molecule has 0 aliphatic carbocycles. The first kappa shape index (κ1) is 13.7. The van der Waals surface area contributed by atoms with E-state index in [1.807, 2.05) is 18.5 Å². The highest BCUT2D eigenvalue weighted by Gasteiger charge is 2.16. The smallest absolute Gasteiger partial charge is 0.0969 e. The standard InChI is InChI=1S/C11H19BrN2O2/c1-3-14-11(9(12)8-13-14)10(15)6-5-7-16-4-2/h8,10,15H,3-7H2,1-2H3. The third-order valence-electron chi connectivity index (χ3n) is 2.42. The van der Waals surface area contributed by atoms with Gasteiger partial charge in [-0.15, -0.1) is 0 Å². The van der Waals surface area contributed by atoms with Crippen molar-refractivity contribution in [2.75, 3.05) is 13.2 Å². The Hall–Kier alpha value is -0.390. The summed E-state index contributed by atoms with van der Waals surface area (Å²) in [7, 11) is 0. The molecule has 0 bridgehead atoms. The van der Waals surface area contributed by atoms with Crippen LogP contribution in [-0.4, -0.2) is 28.1 Å². The monoisotopic (exact) mass is 290 g/mol. The summed E-state index contributed by atoms with van der Waals surface area (Å²) in [5.41, 5.74) is 0.860. The number of aliphatic hydroxyl groups is 1. The summed E-state index contributed by atoms with van der Waals surface area (Å²) >= 11 is 3.41. The highest BCUT2D eigenvalue weighted by Crippen LogP contribution is 2.26. The maximum atomic E-state index is 10.1. The van der Waals surface area contributed by atoms with Crippen molar-refractivity contribution in [3.05, 3.63) is 16.4 Å². The second-order valence-electron chi connectivity index (χ2n) is 3.55. The van der Waals surface area contributed by atoms with Gasteiger partial charge in [-0.2, -0.15) is 5.10 Å². The molecule has 0 aliphatic rings. The van der Waals surface area contributed by atoms with E-state index in [9.17, 15) is 5.11 Å². The molecule has 0 saturated carbocycles. The average molecular weight is 291 g/mol. The molecule has 1 N–H and O–H groups in total. The van der Waals surface area contributed by atoms with Gasteiger partial charge >= 0.3 is 0 Å². The molecule has 0 fully saturated rings. The number of aliphatic hydroxyl groups excluding tert-OH is 1. The van der Waals surface area contributed by atoms with E-state index in [0.717, 1.165) is 29.7 Å². The van der Waals surface area contributed by atoms with Crippen molar-refractivity contribution in [2.24, 2.45) is 0 Å². The Labute approximate surface area is 105 Å². The largest absolute Gasteiger partial charge is 0.387 e. The zero-order valence-corrected chi connectivity index (χ0v) is 11.4. The van der Waals surface area contributed by atoms with E-state index >= 15 is 0 Å². The van der Waals surface area contributed by atoms with Crippen molar-refractivity contribution in [3.63, 3.8) is 0 Å². The van der Waals surface area contributed by atoms with Crippen molar-refractivity contribution >= 4 is 15.9 Å². The third-order valence-corrected chi connectivity index (χ3v) is 3.03. The van der Waals surface area contributed by atoms with Crippen LogP contribution in [-0.2, 0) is 11.3 Å². The minimum Gasteiger partial charge on any atom is -0.387 e. The number of rotatable bonds is 7. The summed E-state index contributed by atoms with van der Waals surface area (Å²) in [6.45, 7) is 6.18. The molecular weight excluding hydrogens is 272 g/mol. The molecule has 16 heavy (non-hydrogen) atoms. The number of hydrogen-bond donors (Lipinski definition) is 1. The van der Waals surface area contributed by atoms with E-state index in [-0.39, 0.29) is 0 Å². The molecule has 0 saturated heterocycles. The van der Waals surface area contributed by atoms with Gasteiger partial charge in [0.05, 0.1) is 22.5 Å². The van der Waals surface area contributed by atoms with Gasteiger partial charge < -0.3 is 9.84 Å². The van der Waals surface area contributed by atoms with E-state index < -0.39 is 6.10 Å². The number of halogens is 1.